The van der Waals surface area contributed by atoms with Crippen molar-refractivity contribution in [2.45, 2.75) is 139 Å². The summed E-state index contributed by atoms with van der Waals surface area (Å²) in [4.78, 5) is 26.2. The van der Waals surface area contributed by atoms with E-state index in [0.717, 1.165) is 62.4 Å². The SMILES string of the molecule is C[Si](C)(C)C1CCC(C(=O)NC2CCCCC2NC(=O)C2CCC([Si](C)(C)C)CC2)CC1. The van der Waals surface area contributed by atoms with Crippen LogP contribution in [0.25, 0.3) is 0 Å². The van der Waals surface area contributed by atoms with Crippen LogP contribution in [0.3, 0.4) is 0 Å². The molecule has 0 radical (unpaired) electrons. The smallest absolute Gasteiger partial charge is 0.223 e. The minimum atomic E-state index is -1.10. The molecule has 3 aliphatic carbocycles. The van der Waals surface area contributed by atoms with Crippen LogP contribution in [-0.2, 0) is 9.59 Å². The molecule has 2 unspecified atom stereocenters. The number of nitrogens with one attached hydrogen (secondary N) is 2. The zero-order valence-electron chi connectivity index (χ0n) is 21.8. The highest BCUT2D eigenvalue weighted by atomic mass is 28.3. The van der Waals surface area contributed by atoms with Crippen LogP contribution in [0, 0.1) is 11.8 Å². The van der Waals surface area contributed by atoms with Gasteiger partial charge in [-0.05, 0) is 49.6 Å². The van der Waals surface area contributed by atoms with Crippen LogP contribution in [0.15, 0.2) is 0 Å². The molecule has 6 heteroatoms. The van der Waals surface area contributed by atoms with Crippen LogP contribution in [0.2, 0.25) is 50.4 Å². The molecule has 0 heterocycles. The Hall–Kier alpha value is -0.626. The Morgan fingerprint density at radius 1 is 0.531 bits per heavy atom. The standard InChI is InChI=1S/C26H50N2O2Si2/c1-31(2,3)21-15-11-19(12-16-21)25(29)27-23-9-7-8-10-24(23)28-26(30)20-13-17-22(18-14-20)32(4,5)6/h19-24H,7-18H2,1-6H3,(H,27,29)(H,28,30). The molecule has 2 atom stereocenters. The van der Waals surface area contributed by atoms with Crippen molar-refractivity contribution in [3.05, 3.63) is 0 Å². The van der Waals surface area contributed by atoms with Gasteiger partial charge in [-0.15, -0.1) is 0 Å². The van der Waals surface area contributed by atoms with Gasteiger partial charge >= 0.3 is 0 Å². The molecule has 0 bridgehead atoms. The first kappa shape index (κ1) is 26.0. The van der Waals surface area contributed by atoms with Gasteiger partial charge in [-0.25, -0.2) is 0 Å². The maximum Gasteiger partial charge on any atom is 0.223 e. The molecule has 3 fully saturated rings. The maximum atomic E-state index is 13.1. The fourth-order valence-electron chi connectivity index (χ4n) is 6.52. The van der Waals surface area contributed by atoms with Crippen molar-refractivity contribution >= 4 is 28.0 Å². The van der Waals surface area contributed by atoms with Gasteiger partial charge in [-0.2, -0.15) is 0 Å². The third-order valence-electron chi connectivity index (χ3n) is 9.07. The Kier molecular flexibility index (Phi) is 8.73. The summed E-state index contributed by atoms with van der Waals surface area (Å²) in [6, 6.07) is 0.237. The minimum absolute atomic E-state index is 0.119. The molecule has 2 N–H and O–H groups in total. The van der Waals surface area contributed by atoms with Crippen molar-refractivity contribution in [3.63, 3.8) is 0 Å². The van der Waals surface area contributed by atoms with Crippen LogP contribution in [0.4, 0.5) is 0 Å². The Balaban J connectivity index is 1.48. The molecule has 0 aromatic heterocycles. The van der Waals surface area contributed by atoms with Gasteiger partial charge in [0, 0.05) is 40.1 Å². The van der Waals surface area contributed by atoms with Crippen LogP contribution in [-0.4, -0.2) is 40.0 Å². The summed E-state index contributed by atoms with van der Waals surface area (Å²) < 4.78 is 0. The summed E-state index contributed by atoms with van der Waals surface area (Å²) in [5.41, 5.74) is 1.73. The Labute approximate surface area is 199 Å². The molecule has 3 rings (SSSR count). The average molecular weight is 479 g/mol. The Morgan fingerprint density at radius 2 is 0.844 bits per heavy atom. The molecule has 4 nitrogen and oxygen atoms in total. The summed E-state index contributed by atoms with van der Waals surface area (Å²) in [7, 11) is -2.20. The van der Waals surface area contributed by atoms with E-state index in [1.165, 1.54) is 25.7 Å². The first-order chi connectivity index (χ1) is 14.9. The molecular formula is C26H50N2O2Si2. The van der Waals surface area contributed by atoms with E-state index in [9.17, 15) is 9.59 Å². The quantitative estimate of drug-likeness (QED) is 0.438. The van der Waals surface area contributed by atoms with Gasteiger partial charge in [0.15, 0.2) is 0 Å². The van der Waals surface area contributed by atoms with Crippen molar-refractivity contribution in [1.29, 1.82) is 0 Å². The minimum Gasteiger partial charge on any atom is -0.351 e. The van der Waals surface area contributed by atoms with E-state index in [1.807, 2.05) is 0 Å². The summed E-state index contributed by atoms with van der Waals surface area (Å²) >= 11 is 0. The summed E-state index contributed by atoms with van der Waals surface area (Å²) in [5.74, 6) is 0.858. The first-order valence-corrected chi connectivity index (χ1v) is 20.7. The zero-order valence-corrected chi connectivity index (χ0v) is 23.8. The average Bonchev–Trinajstić information content (AvgIpc) is 2.74. The second kappa shape index (κ2) is 10.8. The van der Waals surface area contributed by atoms with Gasteiger partial charge in [-0.1, -0.05) is 77.8 Å². The topological polar surface area (TPSA) is 58.2 Å². The van der Waals surface area contributed by atoms with Crippen molar-refractivity contribution in [3.8, 4) is 0 Å². The molecular weight excluding hydrogens is 428 g/mol. The lowest BCUT2D eigenvalue weighted by Crippen LogP contribution is -2.55. The second-order valence-corrected chi connectivity index (χ2v) is 24.4. The highest BCUT2D eigenvalue weighted by molar-refractivity contribution is 6.77. The summed E-state index contributed by atoms with van der Waals surface area (Å²) in [6.45, 7) is 14.8. The molecule has 0 aliphatic heterocycles. The number of rotatable bonds is 6. The lowest BCUT2D eigenvalue weighted by Gasteiger charge is -2.38. The monoisotopic (exact) mass is 478 g/mol. The zero-order chi connectivity index (χ0) is 23.5. The third kappa shape index (κ3) is 6.94. The van der Waals surface area contributed by atoms with Crippen LogP contribution >= 0.6 is 0 Å². The molecule has 2 amide bonds. The highest BCUT2D eigenvalue weighted by Gasteiger charge is 2.37. The molecule has 3 saturated carbocycles. The Morgan fingerprint density at radius 3 is 1.12 bits per heavy atom. The number of hydrogen-bond acceptors (Lipinski definition) is 2. The number of hydrogen-bond donors (Lipinski definition) is 2. The Bertz CT molecular complexity index is 583. The largest absolute Gasteiger partial charge is 0.351 e. The molecule has 184 valence electrons. The number of carbonyl (C=O) groups excluding carboxylic acids is 2. The molecule has 0 aromatic carbocycles. The van der Waals surface area contributed by atoms with E-state index in [1.54, 1.807) is 0 Å². The highest BCUT2D eigenvalue weighted by Crippen LogP contribution is 2.40. The molecule has 3 aliphatic rings. The lowest BCUT2D eigenvalue weighted by atomic mass is 9.85. The van der Waals surface area contributed by atoms with Gasteiger partial charge in [0.25, 0.3) is 0 Å². The van der Waals surface area contributed by atoms with Crippen molar-refractivity contribution in [2.75, 3.05) is 0 Å². The van der Waals surface area contributed by atoms with E-state index in [2.05, 4.69) is 49.9 Å². The van der Waals surface area contributed by atoms with E-state index >= 15 is 0 Å². The van der Waals surface area contributed by atoms with Crippen molar-refractivity contribution < 1.29 is 9.59 Å². The lowest BCUT2D eigenvalue weighted by molar-refractivity contribution is -0.129. The van der Waals surface area contributed by atoms with Gasteiger partial charge in [0.05, 0.1) is 0 Å². The van der Waals surface area contributed by atoms with Gasteiger partial charge in [0.1, 0.15) is 0 Å². The summed E-state index contributed by atoms with van der Waals surface area (Å²) in [6.07, 6.45) is 13.4. The van der Waals surface area contributed by atoms with Crippen LogP contribution in [0.1, 0.15) is 77.0 Å². The van der Waals surface area contributed by atoms with Crippen molar-refractivity contribution in [2.24, 2.45) is 11.8 Å². The van der Waals surface area contributed by atoms with Gasteiger partial charge in [0.2, 0.25) is 11.8 Å². The molecule has 32 heavy (non-hydrogen) atoms. The maximum absolute atomic E-state index is 13.1. The predicted octanol–water partition coefficient (Wildman–Crippen LogP) is 6.33. The van der Waals surface area contributed by atoms with Crippen LogP contribution < -0.4 is 10.6 Å². The normalized spacial score (nSPS) is 34.6. The fourth-order valence-corrected chi connectivity index (χ4v) is 10.7. The third-order valence-corrected chi connectivity index (χ3v) is 15.1. The van der Waals surface area contributed by atoms with Crippen molar-refractivity contribution in [1.82, 2.24) is 10.6 Å². The van der Waals surface area contributed by atoms with Gasteiger partial charge < -0.3 is 10.6 Å². The second-order valence-electron chi connectivity index (χ2n) is 13.3. The first-order valence-electron chi connectivity index (χ1n) is 13.6. The molecule has 0 saturated heterocycles. The molecule has 0 spiro atoms. The number of amides is 2. The van der Waals surface area contributed by atoms with E-state index < -0.39 is 16.1 Å². The summed E-state index contributed by atoms with van der Waals surface area (Å²) in [5, 5.41) is 6.78. The van der Waals surface area contributed by atoms with Gasteiger partial charge in [-0.3, -0.25) is 9.59 Å². The van der Waals surface area contributed by atoms with E-state index in [0.29, 0.717) is 0 Å². The van der Waals surface area contributed by atoms with E-state index in [-0.39, 0.29) is 35.7 Å². The molecule has 0 aromatic rings. The fraction of sp³-hybridized carbons (Fsp3) is 0.923. The van der Waals surface area contributed by atoms with E-state index in [4.69, 9.17) is 0 Å². The predicted molar refractivity (Wildman–Crippen MR) is 140 cm³/mol. The number of carbonyl (C=O) groups is 2. The van der Waals surface area contributed by atoms with Crippen LogP contribution in [0.5, 0.6) is 0 Å².